The Hall–Kier alpha value is -1.33. The van der Waals surface area contributed by atoms with E-state index in [2.05, 4.69) is 28.5 Å². The van der Waals surface area contributed by atoms with Crippen LogP contribution in [0.3, 0.4) is 0 Å². The number of benzene rings is 1. The van der Waals surface area contributed by atoms with E-state index >= 15 is 0 Å². The van der Waals surface area contributed by atoms with Crippen molar-refractivity contribution in [2.24, 2.45) is 0 Å². The molecule has 0 spiro atoms. The molecule has 0 atom stereocenters. The minimum absolute atomic E-state index is 0.317. The number of sulfone groups is 1. The summed E-state index contributed by atoms with van der Waals surface area (Å²) in [4.78, 5) is 3.20. The highest BCUT2D eigenvalue weighted by molar-refractivity contribution is 7.91. The van der Waals surface area contributed by atoms with Gasteiger partial charge in [0.1, 0.15) is 9.84 Å². The van der Waals surface area contributed by atoms with Crippen LogP contribution in [0.4, 0.5) is 0 Å². The van der Waals surface area contributed by atoms with Crippen LogP contribution in [0.15, 0.2) is 30.5 Å². The zero-order valence-electron chi connectivity index (χ0n) is 10.7. The van der Waals surface area contributed by atoms with Gasteiger partial charge in [-0.2, -0.15) is 0 Å². The number of H-pyrrole nitrogens is 1. The smallest absolute Gasteiger partial charge is 0.150 e. The largest absolute Gasteiger partial charge is 0.361 e. The van der Waals surface area contributed by atoms with E-state index in [-0.39, 0.29) is 0 Å². The number of fused-ring (bicyclic) bond motifs is 1. The summed E-state index contributed by atoms with van der Waals surface area (Å²) < 4.78 is 22.8. The summed E-state index contributed by atoms with van der Waals surface area (Å²) in [7, 11) is -2.77. The average molecular weight is 278 g/mol. The molecular formula is C14H18N2O2S. The molecule has 0 amide bonds. The molecule has 1 saturated heterocycles. The Bertz CT molecular complexity index is 662. The molecule has 102 valence electrons. The van der Waals surface area contributed by atoms with Crippen molar-refractivity contribution < 1.29 is 8.42 Å². The van der Waals surface area contributed by atoms with Crippen molar-refractivity contribution in [1.29, 1.82) is 0 Å². The molecule has 19 heavy (non-hydrogen) atoms. The van der Waals surface area contributed by atoms with Crippen molar-refractivity contribution in [2.75, 3.05) is 11.5 Å². The lowest BCUT2D eigenvalue weighted by molar-refractivity contribution is 0.464. The van der Waals surface area contributed by atoms with Crippen molar-refractivity contribution in [3.63, 3.8) is 0 Å². The second kappa shape index (κ2) is 4.98. The molecule has 2 heterocycles. The number of rotatable bonds is 3. The summed E-state index contributed by atoms with van der Waals surface area (Å²) in [5.41, 5.74) is 2.40. The van der Waals surface area contributed by atoms with E-state index in [1.54, 1.807) is 0 Å². The van der Waals surface area contributed by atoms with Gasteiger partial charge in [0, 0.05) is 29.7 Å². The van der Waals surface area contributed by atoms with Crippen molar-refractivity contribution in [3.8, 4) is 0 Å². The van der Waals surface area contributed by atoms with Crippen LogP contribution in [-0.4, -0.2) is 30.9 Å². The zero-order chi connectivity index (χ0) is 13.3. The molecule has 0 aliphatic carbocycles. The molecule has 1 aromatic carbocycles. The molecule has 0 radical (unpaired) electrons. The van der Waals surface area contributed by atoms with E-state index < -0.39 is 9.84 Å². The molecule has 0 saturated carbocycles. The predicted octanol–water partition coefficient (Wildman–Crippen LogP) is 1.83. The maximum Gasteiger partial charge on any atom is 0.150 e. The third-order valence-corrected chi connectivity index (χ3v) is 5.54. The van der Waals surface area contributed by atoms with Crippen LogP contribution in [0, 0.1) is 0 Å². The number of aromatic nitrogens is 1. The first-order chi connectivity index (χ1) is 9.14. The van der Waals surface area contributed by atoms with E-state index in [1.807, 2.05) is 12.3 Å². The van der Waals surface area contributed by atoms with Crippen LogP contribution in [0.2, 0.25) is 0 Å². The highest BCUT2D eigenvalue weighted by atomic mass is 32.2. The molecule has 2 N–H and O–H groups in total. The van der Waals surface area contributed by atoms with Gasteiger partial charge >= 0.3 is 0 Å². The molecular weight excluding hydrogens is 260 g/mol. The van der Waals surface area contributed by atoms with Crippen molar-refractivity contribution in [1.82, 2.24) is 10.3 Å². The lowest BCUT2D eigenvalue weighted by atomic mass is 10.1. The highest BCUT2D eigenvalue weighted by Crippen LogP contribution is 2.18. The highest BCUT2D eigenvalue weighted by Gasteiger charge is 2.23. The van der Waals surface area contributed by atoms with Gasteiger partial charge in [-0.25, -0.2) is 8.42 Å². The second-order valence-electron chi connectivity index (χ2n) is 5.16. The molecule has 4 nitrogen and oxygen atoms in total. The van der Waals surface area contributed by atoms with Crippen LogP contribution in [-0.2, 0) is 16.4 Å². The summed E-state index contributed by atoms with van der Waals surface area (Å²) in [6.45, 7) is 0.792. The minimum atomic E-state index is -2.77. The van der Waals surface area contributed by atoms with Gasteiger partial charge in [-0.3, -0.25) is 0 Å². The van der Waals surface area contributed by atoms with E-state index in [1.165, 1.54) is 10.9 Å². The Balaban J connectivity index is 1.65. The molecule has 1 aliphatic rings. The van der Waals surface area contributed by atoms with Gasteiger partial charge in [-0.15, -0.1) is 0 Å². The van der Waals surface area contributed by atoms with Gasteiger partial charge in [0.25, 0.3) is 0 Å². The predicted molar refractivity (Wildman–Crippen MR) is 76.8 cm³/mol. The quantitative estimate of drug-likeness (QED) is 0.900. The number of nitrogens with one attached hydrogen (secondary N) is 2. The summed E-state index contributed by atoms with van der Waals surface area (Å²) in [6.07, 6.45) is 3.40. The third-order valence-electron chi connectivity index (χ3n) is 3.82. The maximum atomic E-state index is 11.4. The molecule has 1 fully saturated rings. The zero-order valence-corrected chi connectivity index (χ0v) is 11.5. The molecule has 2 aromatic rings. The number of hydrogen-bond donors (Lipinski definition) is 2. The van der Waals surface area contributed by atoms with Gasteiger partial charge in [0.2, 0.25) is 0 Å². The molecule has 0 bridgehead atoms. The van der Waals surface area contributed by atoms with E-state index in [4.69, 9.17) is 0 Å². The summed E-state index contributed by atoms with van der Waals surface area (Å²) in [6, 6.07) is 8.62. The Labute approximate surface area is 113 Å². The Morgan fingerprint density at radius 3 is 2.79 bits per heavy atom. The van der Waals surface area contributed by atoms with Gasteiger partial charge in [-0.05, 0) is 30.5 Å². The lowest BCUT2D eigenvalue weighted by Gasteiger charge is -2.23. The maximum absolute atomic E-state index is 11.4. The SMILES string of the molecule is O=S1(=O)CCC(NCc2cccc3[nH]ccc23)CC1. The first-order valence-corrected chi connectivity index (χ1v) is 8.45. The molecule has 5 heteroatoms. The first-order valence-electron chi connectivity index (χ1n) is 6.63. The topological polar surface area (TPSA) is 62.0 Å². The van der Waals surface area contributed by atoms with Gasteiger partial charge < -0.3 is 10.3 Å². The standard InChI is InChI=1S/C14H18N2O2S/c17-19(18)8-5-12(6-9-19)16-10-11-2-1-3-14-13(11)4-7-15-14/h1-4,7,12,15-16H,5-6,8-10H2. The van der Waals surface area contributed by atoms with Crippen LogP contribution in [0.25, 0.3) is 10.9 Å². The average Bonchev–Trinajstić information content (AvgIpc) is 2.86. The normalized spacial score (nSPS) is 19.8. The number of aromatic amines is 1. The van der Waals surface area contributed by atoms with E-state index in [0.717, 1.165) is 24.9 Å². The fraction of sp³-hybridized carbons (Fsp3) is 0.429. The van der Waals surface area contributed by atoms with Crippen LogP contribution in [0.1, 0.15) is 18.4 Å². The third kappa shape index (κ3) is 2.82. The van der Waals surface area contributed by atoms with Gasteiger partial charge in [0.05, 0.1) is 11.5 Å². The lowest BCUT2D eigenvalue weighted by Crippen LogP contribution is -2.37. The fourth-order valence-corrected chi connectivity index (χ4v) is 4.14. The minimum Gasteiger partial charge on any atom is -0.361 e. The Morgan fingerprint density at radius 2 is 2.00 bits per heavy atom. The van der Waals surface area contributed by atoms with Crippen LogP contribution < -0.4 is 5.32 Å². The summed E-state index contributed by atoms with van der Waals surface area (Å²) in [5, 5.41) is 4.71. The van der Waals surface area contributed by atoms with E-state index in [9.17, 15) is 8.42 Å². The monoisotopic (exact) mass is 278 g/mol. The van der Waals surface area contributed by atoms with Crippen molar-refractivity contribution in [3.05, 3.63) is 36.0 Å². The summed E-state index contributed by atoms with van der Waals surface area (Å²) in [5.74, 6) is 0.637. The second-order valence-corrected chi connectivity index (χ2v) is 7.47. The number of hydrogen-bond acceptors (Lipinski definition) is 3. The Morgan fingerprint density at radius 1 is 1.21 bits per heavy atom. The van der Waals surface area contributed by atoms with E-state index in [0.29, 0.717) is 17.5 Å². The molecule has 0 unspecified atom stereocenters. The van der Waals surface area contributed by atoms with Crippen LogP contribution in [0.5, 0.6) is 0 Å². The molecule has 3 rings (SSSR count). The Kier molecular flexibility index (Phi) is 3.33. The van der Waals surface area contributed by atoms with Gasteiger partial charge in [-0.1, -0.05) is 12.1 Å². The van der Waals surface area contributed by atoms with Gasteiger partial charge in [0.15, 0.2) is 0 Å². The molecule has 1 aromatic heterocycles. The first kappa shape index (κ1) is 12.7. The molecule has 1 aliphatic heterocycles. The van der Waals surface area contributed by atoms with Crippen molar-refractivity contribution >= 4 is 20.7 Å². The summed E-state index contributed by atoms with van der Waals surface area (Å²) >= 11 is 0. The van der Waals surface area contributed by atoms with Crippen molar-refractivity contribution in [2.45, 2.75) is 25.4 Å². The fourth-order valence-electron chi connectivity index (χ4n) is 2.65. The van der Waals surface area contributed by atoms with Crippen LogP contribution >= 0.6 is 0 Å².